The largest absolute Gasteiger partial charge is 0.393 e. The average molecular weight is 1810 g/mol. The highest BCUT2D eigenvalue weighted by Gasteiger charge is 2.78. The number of halogens is 13. The summed E-state index contributed by atoms with van der Waals surface area (Å²) in [5.41, 5.74) is -1.63. The van der Waals surface area contributed by atoms with E-state index in [2.05, 4.69) is 35.0 Å². The molecule has 4 aliphatic carbocycles. The number of imide groups is 3. The third-order valence-electron chi connectivity index (χ3n) is 21.4. The van der Waals surface area contributed by atoms with Crippen molar-refractivity contribution >= 4 is 202 Å². The number of carbonyl (C=O) groups excluding carboxylic acids is 8. The van der Waals surface area contributed by atoms with Crippen LogP contribution in [-0.4, -0.2) is 97.9 Å². The number of anilines is 8. The van der Waals surface area contributed by atoms with E-state index < -0.39 is 107 Å². The number of aliphatic hydroxyl groups excluding tert-OH is 1. The van der Waals surface area contributed by atoms with Gasteiger partial charge >= 0.3 is 24.1 Å². The van der Waals surface area contributed by atoms with Crippen molar-refractivity contribution in [1.29, 1.82) is 0 Å². The number of ketones is 1. The summed E-state index contributed by atoms with van der Waals surface area (Å²) in [6.07, 6.45) is -2.94. The maximum atomic E-state index is 14.5. The Bertz CT molecular complexity index is 5540. The number of aryl methyl sites for hydroxylation is 2. The zero-order valence-electron chi connectivity index (χ0n) is 61.5. The fourth-order valence-electron chi connectivity index (χ4n) is 16.1. The van der Waals surface area contributed by atoms with Gasteiger partial charge in [-0.1, -0.05) is 156 Å². The number of alkyl halides is 4. The van der Waals surface area contributed by atoms with Crippen LogP contribution in [0.3, 0.4) is 0 Å². The van der Waals surface area contributed by atoms with E-state index in [9.17, 15) is 66.1 Å². The predicted molar refractivity (Wildman–Crippen MR) is 451 cm³/mol. The van der Waals surface area contributed by atoms with Gasteiger partial charge in [0.15, 0.2) is 5.72 Å². The molecule has 8 aliphatic rings. The van der Waals surface area contributed by atoms with Crippen LogP contribution < -0.4 is 39.2 Å². The molecule has 18 nitrogen and oxygen atoms in total. The van der Waals surface area contributed by atoms with E-state index in [0.29, 0.717) is 85.6 Å². The number of hydrogen-bond donors (Lipinski definition) is 2. The van der Waals surface area contributed by atoms with E-state index in [-0.39, 0.29) is 43.1 Å². The molecule has 2 N–H and O–H groups in total. The monoisotopic (exact) mass is 1800 g/mol. The molecule has 8 fully saturated rings. The second-order valence-electron chi connectivity index (χ2n) is 29.4. The summed E-state index contributed by atoms with van der Waals surface area (Å²) in [7, 11) is 0. The Morgan fingerprint density at radius 2 is 0.624 bits per heavy atom. The summed E-state index contributed by atoms with van der Waals surface area (Å²) in [4.78, 5) is 114. The lowest BCUT2D eigenvalue weighted by molar-refractivity contribution is -0.182. The van der Waals surface area contributed by atoms with Crippen LogP contribution in [0.2, 0.25) is 40.2 Å². The molecule has 11 amide bonds. The molecule has 10 aromatic rings. The average Bonchev–Trinajstić information content (AvgIpc) is 1.50. The van der Waals surface area contributed by atoms with Crippen LogP contribution in [0.5, 0.6) is 0 Å². The quantitative estimate of drug-likeness (QED) is 0.103. The molecule has 4 aliphatic heterocycles. The fourth-order valence-corrected chi connectivity index (χ4v) is 17.6. The molecule has 18 rings (SSSR count). The van der Waals surface area contributed by atoms with E-state index in [4.69, 9.17) is 92.8 Å². The van der Waals surface area contributed by atoms with Crippen LogP contribution in [-0.2, 0) is 24.9 Å². The maximum Gasteiger partial charge on any atom is 0.336 e. The smallest absolute Gasteiger partial charge is 0.336 e. The highest BCUT2D eigenvalue weighted by Crippen LogP contribution is 2.64. The molecule has 4 heterocycles. The third kappa shape index (κ3) is 15.5. The van der Waals surface area contributed by atoms with Gasteiger partial charge < -0.3 is 10.2 Å². The van der Waals surface area contributed by atoms with Crippen LogP contribution in [0.1, 0.15) is 68.1 Å². The maximum absolute atomic E-state index is 14.5. The summed E-state index contributed by atoms with van der Waals surface area (Å²) < 4.78 is 57.7. The molecule has 0 aromatic heterocycles. The van der Waals surface area contributed by atoms with Crippen molar-refractivity contribution in [2.24, 2.45) is 0 Å². The van der Waals surface area contributed by atoms with Gasteiger partial charge in [0.25, 0.3) is 29.6 Å². The third-order valence-corrected chi connectivity index (χ3v) is 23.9. The highest BCUT2D eigenvalue weighted by atomic mass is 79.9. The Morgan fingerprint density at radius 1 is 0.342 bits per heavy atom. The van der Waals surface area contributed by atoms with E-state index in [1.54, 1.807) is 176 Å². The van der Waals surface area contributed by atoms with Gasteiger partial charge in [-0.05, 0) is 220 Å². The van der Waals surface area contributed by atoms with Gasteiger partial charge in [-0.25, -0.2) is 51.4 Å². The zero-order valence-corrected chi connectivity index (χ0v) is 69.1. The number of benzene rings is 10. The van der Waals surface area contributed by atoms with Crippen LogP contribution in [0.15, 0.2) is 247 Å². The molecule has 4 spiro atoms. The number of amides is 11. The Kier molecular flexibility index (Phi) is 23.1. The minimum absolute atomic E-state index is 0.0181. The van der Waals surface area contributed by atoms with E-state index in [1.807, 2.05) is 25.1 Å². The summed E-state index contributed by atoms with van der Waals surface area (Å²) in [6.45, 7) is 3.92. The highest BCUT2D eigenvalue weighted by molar-refractivity contribution is 9.10. The molecule has 0 bridgehead atoms. The van der Waals surface area contributed by atoms with Crippen molar-refractivity contribution in [2.45, 2.75) is 111 Å². The SMILES string of the molecule is Cc1cccc(Br)c1.Cc1cccc(C2(O)N(c3ccc(Cl)cc3)C(=O)N(c3ccc(Cl)cc3)C23CC(F)(F)C3)c1.O=C1CC2(C1)C(=O)N(c1ccc(Cl)cc1)C(=O)N2c1ccc(Cl)cc1.O=C1N(c2ccc(Cl)cc2)C(=O)C2(CC(F)(F)C2)N1c1ccc(Cl)cc1.O=C1N(c2ccc(Cl)cc2)C(=O)C2(CC(O)C2)N1c1ccc(Cl)cc1. The number of Topliss-reactive ketones (excluding diaryl/α,β-unsaturated/α-hetero) is 1. The lowest BCUT2D eigenvalue weighted by Gasteiger charge is -2.55. The fraction of sp³-hybridized carbons (Fsp3) is 0.209. The second kappa shape index (κ2) is 32.3. The first kappa shape index (κ1) is 83.9. The van der Waals surface area contributed by atoms with Crippen molar-refractivity contribution in [3.63, 3.8) is 0 Å². The van der Waals surface area contributed by atoms with Crippen LogP contribution >= 0.6 is 109 Å². The van der Waals surface area contributed by atoms with E-state index >= 15 is 0 Å². The summed E-state index contributed by atoms with van der Waals surface area (Å²) in [5.74, 6) is -7.45. The molecule has 1 atom stereocenters. The number of nitrogens with zero attached hydrogens (tertiary/aromatic N) is 8. The van der Waals surface area contributed by atoms with Crippen molar-refractivity contribution in [1.82, 2.24) is 0 Å². The number of carbonyl (C=O) groups is 8. The van der Waals surface area contributed by atoms with Gasteiger partial charge in [0.05, 0.1) is 23.2 Å². The minimum atomic E-state index is -3.03. The Balaban J connectivity index is 0.000000125. The first-order valence-corrected chi connectivity index (χ1v) is 40.0. The molecular weight excluding hydrogens is 1740 g/mol. The lowest BCUT2D eigenvalue weighted by Crippen LogP contribution is -2.70. The standard InChI is InChI=1S/C25H20Cl2F2N2O2.C18H12Cl2F2N2O2.C18H14Cl2N2O3.C18H12Cl2N2O3.C7H7Br/c1-16-3-2-4-17(13-16)25(33)23(14-24(28,29)15-23)30(20-9-5-18(26)6-10-20)22(32)31(25)21-11-7-19(27)8-12-21;19-11-1-5-13(6-2-11)23-15(25)17(9-18(21,22)10-17)24(16(23)26)14-7-3-12(20)4-8-14;2*19-11-1-5-13(6-2-11)21-16(24)18(9-15(23)10-18)22(17(21)25)14-7-3-12(20)4-8-14;1-6-3-2-4-7(8)5-6/h2-13,33H,14-15H2,1H3;1-8H,9-10H2;1-8,15,23H,9-10H2;1-8H,9-10H2;2-5H,1H3. The Hall–Kier alpha value is -9.60. The number of urea groups is 4. The lowest BCUT2D eigenvalue weighted by atomic mass is 9.64. The summed E-state index contributed by atoms with van der Waals surface area (Å²) >= 11 is 50.8. The molecule has 4 saturated carbocycles. The number of aliphatic hydroxyl groups is 2. The van der Waals surface area contributed by atoms with Crippen LogP contribution in [0, 0.1) is 13.8 Å². The number of rotatable bonds is 9. The molecule has 0 radical (unpaired) electrons. The van der Waals surface area contributed by atoms with Gasteiger partial charge in [-0.2, -0.15) is 0 Å². The topological polar surface area (TPSA) is 203 Å². The first-order valence-electron chi connectivity index (χ1n) is 36.2. The molecular formula is C86H65BrCl8F4N8O10. The summed E-state index contributed by atoms with van der Waals surface area (Å²) in [6, 6.07) is 64.3. The van der Waals surface area contributed by atoms with Crippen LogP contribution in [0.25, 0.3) is 0 Å². The molecule has 10 aromatic carbocycles. The normalized spacial score (nSPS) is 20.0. The molecule has 4 saturated heterocycles. The van der Waals surface area contributed by atoms with Gasteiger partial charge in [0, 0.05) is 130 Å². The Morgan fingerprint density at radius 3 is 0.923 bits per heavy atom. The van der Waals surface area contributed by atoms with E-state index in [0.717, 1.165) is 29.6 Å². The van der Waals surface area contributed by atoms with E-state index in [1.165, 1.54) is 61.6 Å². The van der Waals surface area contributed by atoms with Crippen LogP contribution in [0.4, 0.5) is 82.2 Å². The molecule has 600 valence electrons. The van der Waals surface area contributed by atoms with Crippen molar-refractivity contribution in [2.75, 3.05) is 39.2 Å². The minimum Gasteiger partial charge on any atom is -0.393 e. The zero-order chi connectivity index (χ0) is 83.8. The van der Waals surface area contributed by atoms with Gasteiger partial charge in [0.2, 0.25) is 0 Å². The van der Waals surface area contributed by atoms with Gasteiger partial charge in [-0.3, -0.25) is 43.7 Å². The Labute approximate surface area is 716 Å². The molecule has 1 unspecified atom stereocenters. The second-order valence-corrected chi connectivity index (χ2v) is 33.8. The van der Waals surface area contributed by atoms with Crippen molar-refractivity contribution < 1.29 is 66.1 Å². The predicted octanol–water partition coefficient (Wildman–Crippen LogP) is 22.6. The van der Waals surface area contributed by atoms with Gasteiger partial charge in [-0.15, -0.1) is 0 Å². The summed E-state index contributed by atoms with van der Waals surface area (Å²) in [5, 5.41) is 26.1. The first-order chi connectivity index (χ1) is 55.4. The van der Waals surface area contributed by atoms with Crippen molar-refractivity contribution in [3.8, 4) is 0 Å². The number of hydrogen-bond acceptors (Lipinski definition) is 10. The molecule has 31 heteroatoms. The van der Waals surface area contributed by atoms with Gasteiger partial charge in [0.1, 0.15) is 27.9 Å². The van der Waals surface area contributed by atoms with Crippen molar-refractivity contribution in [3.05, 3.63) is 304 Å². The molecule has 117 heavy (non-hydrogen) atoms.